The van der Waals surface area contributed by atoms with Crippen LogP contribution in [0, 0.1) is 0 Å². The Balaban J connectivity index is 2.26. The van der Waals surface area contributed by atoms with Crippen LogP contribution in [0.4, 0.5) is 0 Å². The Bertz CT molecular complexity index is 346. The molecule has 1 aliphatic heterocycles. The van der Waals surface area contributed by atoms with Crippen molar-refractivity contribution in [3.8, 4) is 0 Å². The summed E-state index contributed by atoms with van der Waals surface area (Å²) in [5.74, 6) is 0. The van der Waals surface area contributed by atoms with E-state index in [1.165, 1.54) is 6.08 Å². The van der Waals surface area contributed by atoms with Crippen LogP contribution in [0.25, 0.3) is 5.70 Å². The molecule has 0 aliphatic carbocycles. The van der Waals surface area contributed by atoms with Crippen LogP contribution in [0.1, 0.15) is 0 Å². The SMILES string of the molecule is OC[C@H]1OC(O)C(n2cccc2)=C[C@@H]1O. The highest BCUT2D eigenvalue weighted by atomic mass is 16.6. The molecule has 3 atom stereocenters. The minimum atomic E-state index is -1.13. The largest absolute Gasteiger partial charge is 0.394 e. The lowest BCUT2D eigenvalue weighted by Gasteiger charge is -2.30. The number of hydrogen-bond donors (Lipinski definition) is 3. The van der Waals surface area contributed by atoms with Crippen LogP contribution in [-0.4, -0.2) is 45.0 Å². The first-order valence-electron chi connectivity index (χ1n) is 4.70. The lowest BCUT2D eigenvalue weighted by molar-refractivity contribution is -0.150. The summed E-state index contributed by atoms with van der Waals surface area (Å²) in [5.41, 5.74) is 0.456. The van der Waals surface area contributed by atoms with Crippen molar-refractivity contribution in [2.24, 2.45) is 0 Å². The average molecular weight is 211 g/mol. The quantitative estimate of drug-likeness (QED) is 0.610. The molecule has 82 valence electrons. The first-order valence-corrected chi connectivity index (χ1v) is 4.70. The molecule has 0 fully saturated rings. The normalized spacial score (nSPS) is 31.4. The smallest absolute Gasteiger partial charge is 0.197 e. The fourth-order valence-electron chi connectivity index (χ4n) is 1.55. The number of nitrogens with zero attached hydrogens (tertiary/aromatic N) is 1. The summed E-state index contributed by atoms with van der Waals surface area (Å²) in [7, 11) is 0. The van der Waals surface area contributed by atoms with Crippen LogP contribution in [0.3, 0.4) is 0 Å². The Morgan fingerprint density at radius 3 is 2.53 bits per heavy atom. The molecule has 0 saturated carbocycles. The van der Waals surface area contributed by atoms with Gasteiger partial charge in [0.15, 0.2) is 6.29 Å². The van der Waals surface area contributed by atoms with Gasteiger partial charge in [-0.2, -0.15) is 0 Å². The lowest BCUT2D eigenvalue weighted by atomic mass is 10.1. The Morgan fingerprint density at radius 1 is 1.27 bits per heavy atom. The molecule has 5 nitrogen and oxygen atoms in total. The van der Waals surface area contributed by atoms with Gasteiger partial charge in [-0.15, -0.1) is 0 Å². The molecular weight excluding hydrogens is 198 g/mol. The van der Waals surface area contributed by atoms with Crippen molar-refractivity contribution < 1.29 is 20.1 Å². The van der Waals surface area contributed by atoms with Gasteiger partial charge in [0.1, 0.15) is 12.2 Å². The summed E-state index contributed by atoms with van der Waals surface area (Å²) in [6.45, 7) is -0.326. The van der Waals surface area contributed by atoms with E-state index in [2.05, 4.69) is 0 Å². The molecule has 3 N–H and O–H groups in total. The number of ether oxygens (including phenoxy) is 1. The summed E-state index contributed by atoms with van der Waals surface area (Å²) in [5, 5.41) is 28.1. The third kappa shape index (κ3) is 1.95. The highest BCUT2D eigenvalue weighted by molar-refractivity contribution is 5.50. The summed E-state index contributed by atoms with van der Waals surface area (Å²) in [4.78, 5) is 0. The highest BCUT2D eigenvalue weighted by Crippen LogP contribution is 2.21. The van der Waals surface area contributed by atoms with Gasteiger partial charge in [0.25, 0.3) is 0 Å². The van der Waals surface area contributed by atoms with Gasteiger partial charge in [-0.25, -0.2) is 0 Å². The van der Waals surface area contributed by atoms with Crippen molar-refractivity contribution >= 4 is 5.70 Å². The minimum absolute atomic E-state index is 0.326. The minimum Gasteiger partial charge on any atom is -0.394 e. The molecule has 5 heteroatoms. The van der Waals surface area contributed by atoms with Crippen molar-refractivity contribution in [1.82, 2.24) is 4.57 Å². The molecule has 1 aliphatic rings. The predicted molar refractivity (Wildman–Crippen MR) is 52.7 cm³/mol. The predicted octanol–water partition coefficient (Wildman–Crippen LogP) is -0.601. The maximum atomic E-state index is 9.63. The van der Waals surface area contributed by atoms with Crippen LogP contribution >= 0.6 is 0 Å². The number of rotatable bonds is 2. The van der Waals surface area contributed by atoms with Crippen molar-refractivity contribution in [3.05, 3.63) is 30.6 Å². The van der Waals surface area contributed by atoms with Gasteiger partial charge < -0.3 is 24.6 Å². The van der Waals surface area contributed by atoms with E-state index in [-0.39, 0.29) is 6.61 Å². The molecule has 2 heterocycles. The number of aliphatic hydroxyl groups is 3. The average Bonchev–Trinajstić information content (AvgIpc) is 2.74. The van der Waals surface area contributed by atoms with Crippen molar-refractivity contribution in [3.63, 3.8) is 0 Å². The van der Waals surface area contributed by atoms with Crippen LogP contribution in [0.2, 0.25) is 0 Å². The molecule has 0 amide bonds. The molecular formula is C10H13NO4. The standard InChI is InChI=1S/C10H13NO4/c12-6-9-8(13)5-7(10(14)15-9)11-3-1-2-4-11/h1-5,8-10,12-14H,6H2/t8-,9+,10?/m0/s1. The van der Waals surface area contributed by atoms with Crippen LogP contribution in [0.5, 0.6) is 0 Å². The van der Waals surface area contributed by atoms with Crippen LogP contribution in [0.15, 0.2) is 30.6 Å². The molecule has 0 bridgehead atoms. The Labute approximate surface area is 86.8 Å². The molecule has 0 aromatic carbocycles. The second kappa shape index (κ2) is 4.16. The van der Waals surface area contributed by atoms with E-state index in [9.17, 15) is 10.2 Å². The van der Waals surface area contributed by atoms with E-state index in [0.717, 1.165) is 0 Å². The summed E-state index contributed by atoms with van der Waals surface area (Å²) in [6.07, 6.45) is 2.16. The first kappa shape index (κ1) is 10.4. The summed E-state index contributed by atoms with van der Waals surface area (Å²) >= 11 is 0. The van der Waals surface area contributed by atoms with Crippen molar-refractivity contribution in [2.75, 3.05) is 6.61 Å². The van der Waals surface area contributed by atoms with Gasteiger partial charge in [0.05, 0.1) is 12.3 Å². The molecule has 2 rings (SSSR count). The van der Waals surface area contributed by atoms with Gasteiger partial charge in [-0.3, -0.25) is 0 Å². The van der Waals surface area contributed by atoms with Crippen molar-refractivity contribution in [2.45, 2.75) is 18.5 Å². The maximum absolute atomic E-state index is 9.63. The molecule has 0 radical (unpaired) electrons. The maximum Gasteiger partial charge on any atom is 0.197 e. The fourth-order valence-corrected chi connectivity index (χ4v) is 1.55. The Kier molecular flexibility index (Phi) is 2.88. The van der Waals surface area contributed by atoms with Crippen LogP contribution in [-0.2, 0) is 4.74 Å². The van der Waals surface area contributed by atoms with E-state index >= 15 is 0 Å². The third-order valence-corrected chi connectivity index (χ3v) is 2.36. The molecule has 0 saturated heterocycles. The Morgan fingerprint density at radius 2 is 1.93 bits per heavy atom. The van der Waals surface area contributed by atoms with Gasteiger partial charge in [0.2, 0.25) is 0 Å². The Hall–Kier alpha value is -1.14. The van der Waals surface area contributed by atoms with Gasteiger partial charge in [-0.1, -0.05) is 0 Å². The van der Waals surface area contributed by atoms with E-state index in [1.54, 1.807) is 29.1 Å². The van der Waals surface area contributed by atoms with E-state index < -0.39 is 18.5 Å². The number of aromatic nitrogens is 1. The monoisotopic (exact) mass is 211 g/mol. The molecule has 0 spiro atoms. The van der Waals surface area contributed by atoms with Gasteiger partial charge in [0, 0.05) is 12.4 Å². The lowest BCUT2D eigenvalue weighted by Crippen LogP contribution is -2.40. The highest BCUT2D eigenvalue weighted by Gasteiger charge is 2.29. The second-order valence-corrected chi connectivity index (χ2v) is 3.38. The zero-order chi connectivity index (χ0) is 10.8. The van der Waals surface area contributed by atoms with Gasteiger partial charge in [-0.05, 0) is 18.2 Å². The van der Waals surface area contributed by atoms with E-state index in [4.69, 9.17) is 9.84 Å². The van der Waals surface area contributed by atoms with E-state index in [1.807, 2.05) is 0 Å². The van der Waals surface area contributed by atoms with E-state index in [0.29, 0.717) is 5.70 Å². The fraction of sp³-hybridized carbons (Fsp3) is 0.400. The first-order chi connectivity index (χ1) is 7.22. The number of aliphatic hydroxyl groups excluding tert-OH is 3. The second-order valence-electron chi connectivity index (χ2n) is 3.38. The molecule has 15 heavy (non-hydrogen) atoms. The summed E-state index contributed by atoms with van der Waals surface area (Å²) in [6, 6.07) is 3.61. The molecule has 1 unspecified atom stereocenters. The topological polar surface area (TPSA) is 74.8 Å². The zero-order valence-electron chi connectivity index (χ0n) is 8.02. The van der Waals surface area contributed by atoms with Crippen molar-refractivity contribution in [1.29, 1.82) is 0 Å². The molecule has 1 aromatic heterocycles. The third-order valence-electron chi connectivity index (χ3n) is 2.36. The summed E-state index contributed by atoms with van der Waals surface area (Å²) < 4.78 is 6.70. The molecule has 1 aromatic rings. The van der Waals surface area contributed by atoms with Gasteiger partial charge >= 0.3 is 0 Å². The zero-order valence-corrected chi connectivity index (χ0v) is 8.02. The number of hydrogen-bond acceptors (Lipinski definition) is 4. The van der Waals surface area contributed by atoms with Crippen LogP contribution < -0.4 is 0 Å².